The van der Waals surface area contributed by atoms with Crippen molar-refractivity contribution in [2.24, 2.45) is 5.10 Å². The largest absolute Gasteiger partial charge is 0.455 e. The first-order chi connectivity index (χ1) is 10.5. The summed E-state index contributed by atoms with van der Waals surface area (Å²) >= 11 is 17.5. The summed E-state index contributed by atoms with van der Waals surface area (Å²) in [6.45, 7) is 0.119. The molecule has 7 heteroatoms. The van der Waals surface area contributed by atoms with E-state index in [1.165, 1.54) is 0 Å². The Labute approximate surface area is 142 Å². The molecule has 0 heterocycles. The van der Waals surface area contributed by atoms with Crippen molar-refractivity contribution in [2.45, 2.75) is 6.61 Å². The summed E-state index contributed by atoms with van der Waals surface area (Å²) in [6.07, 6.45) is 0. The summed E-state index contributed by atoms with van der Waals surface area (Å²) in [5.41, 5.74) is 3.95. The van der Waals surface area contributed by atoms with Crippen LogP contribution in [0.4, 0.5) is 5.69 Å². The predicted molar refractivity (Wildman–Crippen MR) is 89.6 cm³/mol. The number of halogens is 3. The molecule has 0 radical (unpaired) electrons. The van der Waals surface area contributed by atoms with Crippen molar-refractivity contribution in [3.8, 4) is 0 Å². The molecule has 2 aromatic carbocycles. The number of rotatable bonds is 5. The van der Waals surface area contributed by atoms with Gasteiger partial charge in [-0.25, -0.2) is 4.79 Å². The smallest absolute Gasteiger partial charge is 0.371 e. The maximum atomic E-state index is 11.7. The molecule has 0 atom stereocenters. The van der Waals surface area contributed by atoms with E-state index >= 15 is 0 Å². The minimum Gasteiger partial charge on any atom is -0.455 e. The first kappa shape index (κ1) is 16.6. The van der Waals surface area contributed by atoms with Crippen molar-refractivity contribution in [3.05, 3.63) is 64.1 Å². The predicted octanol–water partition coefficient (Wildman–Crippen LogP) is 4.70. The molecule has 4 nitrogen and oxygen atoms in total. The number of nitrogens with zero attached hydrogens (tertiary/aromatic N) is 1. The van der Waals surface area contributed by atoms with Gasteiger partial charge in [0.2, 0.25) is 5.17 Å². The molecule has 2 aromatic rings. The number of ether oxygens (including phenoxy) is 1. The van der Waals surface area contributed by atoms with Gasteiger partial charge in [0.1, 0.15) is 6.61 Å². The van der Waals surface area contributed by atoms with Crippen molar-refractivity contribution in [2.75, 3.05) is 5.43 Å². The van der Waals surface area contributed by atoms with Crippen LogP contribution in [0.2, 0.25) is 10.0 Å². The number of esters is 1. The average Bonchev–Trinajstić information content (AvgIpc) is 2.50. The molecule has 0 fully saturated rings. The zero-order valence-electron chi connectivity index (χ0n) is 11.2. The summed E-state index contributed by atoms with van der Waals surface area (Å²) in [5, 5.41) is 4.28. The van der Waals surface area contributed by atoms with E-state index in [4.69, 9.17) is 39.5 Å². The molecule has 0 saturated heterocycles. The van der Waals surface area contributed by atoms with E-state index in [0.717, 1.165) is 5.56 Å². The van der Waals surface area contributed by atoms with Crippen LogP contribution in [0.15, 0.2) is 53.6 Å². The van der Waals surface area contributed by atoms with Crippen molar-refractivity contribution in [1.29, 1.82) is 0 Å². The van der Waals surface area contributed by atoms with Gasteiger partial charge in [-0.1, -0.05) is 65.1 Å². The molecular weight excluding hydrogens is 347 g/mol. The summed E-state index contributed by atoms with van der Waals surface area (Å²) in [4.78, 5) is 11.7. The monoisotopic (exact) mass is 356 g/mol. The Hall–Kier alpha value is -1.75. The van der Waals surface area contributed by atoms with Gasteiger partial charge in [0, 0.05) is 10.0 Å². The fraction of sp³-hybridized carbons (Fsp3) is 0.0667. The molecule has 2 rings (SSSR count). The van der Waals surface area contributed by atoms with Crippen molar-refractivity contribution in [3.63, 3.8) is 0 Å². The maximum Gasteiger partial charge on any atom is 0.371 e. The third kappa shape index (κ3) is 5.22. The zero-order valence-corrected chi connectivity index (χ0v) is 13.5. The lowest BCUT2D eigenvalue weighted by Crippen LogP contribution is -2.13. The lowest BCUT2D eigenvalue weighted by atomic mass is 10.2. The van der Waals surface area contributed by atoms with Gasteiger partial charge in [-0.2, -0.15) is 5.10 Å². The second-order valence-corrected chi connectivity index (χ2v) is 5.47. The summed E-state index contributed by atoms with van der Waals surface area (Å²) in [5.74, 6) is -0.730. The molecule has 22 heavy (non-hydrogen) atoms. The Morgan fingerprint density at radius 1 is 1.09 bits per heavy atom. The molecule has 0 aliphatic carbocycles. The minimum absolute atomic E-state index is 0.119. The average molecular weight is 358 g/mol. The van der Waals surface area contributed by atoms with E-state index in [-0.39, 0.29) is 11.8 Å². The second-order valence-electron chi connectivity index (χ2n) is 4.23. The third-order valence-electron chi connectivity index (χ3n) is 2.53. The summed E-state index contributed by atoms with van der Waals surface area (Å²) < 4.78 is 5.03. The number of carbonyl (C=O) groups is 1. The van der Waals surface area contributed by atoms with Crippen molar-refractivity contribution in [1.82, 2.24) is 0 Å². The number of hydrogen-bond acceptors (Lipinski definition) is 4. The summed E-state index contributed by atoms with van der Waals surface area (Å²) in [7, 11) is 0. The molecule has 0 unspecified atom stereocenters. The van der Waals surface area contributed by atoms with Gasteiger partial charge < -0.3 is 4.74 Å². The molecule has 1 N–H and O–H groups in total. The summed E-state index contributed by atoms with van der Waals surface area (Å²) in [6, 6.07) is 14.0. The zero-order chi connectivity index (χ0) is 15.9. The fourth-order valence-corrected chi connectivity index (χ4v) is 2.18. The highest BCUT2D eigenvalue weighted by atomic mass is 35.5. The SMILES string of the molecule is O=C(OCc1ccccc1)/C(Cl)=N/Nc1cc(Cl)cc(Cl)c1. The van der Waals surface area contributed by atoms with Crippen LogP contribution in [0.25, 0.3) is 0 Å². The van der Waals surface area contributed by atoms with Crippen LogP contribution in [-0.2, 0) is 16.1 Å². The van der Waals surface area contributed by atoms with Crippen LogP contribution >= 0.6 is 34.8 Å². The molecule has 0 aliphatic heterocycles. The minimum atomic E-state index is -0.730. The molecule has 0 bridgehead atoms. The standard InChI is InChI=1S/C15H11Cl3N2O2/c16-11-6-12(17)8-13(7-11)19-20-14(18)15(21)22-9-10-4-2-1-3-5-10/h1-8,19H,9H2/b20-14-. The number of carbonyl (C=O) groups excluding carboxylic acids is 1. The Balaban J connectivity index is 1.92. The van der Waals surface area contributed by atoms with Crippen LogP contribution in [0, 0.1) is 0 Å². The molecule has 114 valence electrons. The highest BCUT2D eigenvalue weighted by molar-refractivity contribution is 6.82. The number of hydrogen-bond donors (Lipinski definition) is 1. The highest BCUT2D eigenvalue weighted by Gasteiger charge is 2.10. The van der Waals surface area contributed by atoms with Gasteiger partial charge in [-0.3, -0.25) is 5.43 Å². The van der Waals surface area contributed by atoms with Gasteiger partial charge >= 0.3 is 5.97 Å². The van der Waals surface area contributed by atoms with Crippen molar-refractivity contribution < 1.29 is 9.53 Å². The number of benzene rings is 2. The van der Waals surface area contributed by atoms with Gasteiger partial charge in [0.25, 0.3) is 0 Å². The quantitative estimate of drug-likeness (QED) is 0.479. The first-order valence-corrected chi connectivity index (χ1v) is 7.34. The Morgan fingerprint density at radius 3 is 2.36 bits per heavy atom. The highest BCUT2D eigenvalue weighted by Crippen LogP contribution is 2.22. The van der Waals surface area contributed by atoms with E-state index < -0.39 is 5.97 Å². The fourth-order valence-electron chi connectivity index (χ4n) is 1.56. The number of hydrazone groups is 1. The topological polar surface area (TPSA) is 50.7 Å². The second kappa shape index (κ2) is 8.03. The third-order valence-corrected chi connectivity index (χ3v) is 3.20. The van der Waals surface area contributed by atoms with E-state index in [0.29, 0.717) is 15.7 Å². The van der Waals surface area contributed by atoms with Crippen molar-refractivity contribution >= 4 is 51.6 Å². The molecule has 0 aliphatic rings. The van der Waals surface area contributed by atoms with Crippen LogP contribution in [-0.4, -0.2) is 11.1 Å². The van der Waals surface area contributed by atoms with Crippen LogP contribution < -0.4 is 5.43 Å². The Kier molecular flexibility index (Phi) is 6.07. The molecule has 0 spiro atoms. The van der Waals surface area contributed by atoms with E-state index in [1.807, 2.05) is 30.3 Å². The maximum absolute atomic E-state index is 11.7. The number of anilines is 1. The molecule has 0 saturated carbocycles. The van der Waals surface area contributed by atoms with Crippen LogP contribution in [0.3, 0.4) is 0 Å². The van der Waals surface area contributed by atoms with Gasteiger partial charge in [-0.15, -0.1) is 0 Å². The molecule has 0 amide bonds. The van der Waals surface area contributed by atoms with Crippen LogP contribution in [0.5, 0.6) is 0 Å². The first-order valence-electron chi connectivity index (χ1n) is 6.21. The van der Waals surface area contributed by atoms with E-state index in [9.17, 15) is 4.79 Å². The van der Waals surface area contributed by atoms with Gasteiger partial charge in [0.15, 0.2) is 0 Å². The lowest BCUT2D eigenvalue weighted by Gasteiger charge is -2.05. The van der Waals surface area contributed by atoms with Gasteiger partial charge in [-0.05, 0) is 23.8 Å². The Morgan fingerprint density at radius 2 is 1.73 bits per heavy atom. The number of nitrogens with one attached hydrogen (secondary N) is 1. The molecular formula is C15H11Cl3N2O2. The normalized spacial score (nSPS) is 11.1. The van der Waals surface area contributed by atoms with Crippen LogP contribution in [0.1, 0.15) is 5.56 Å². The van der Waals surface area contributed by atoms with E-state index in [1.54, 1.807) is 18.2 Å². The van der Waals surface area contributed by atoms with E-state index in [2.05, 4.69) is 10.5 Å². The van der Waals surface area contributed by atoms with Gasteiger partial charge in [0.05, 0.1) is 5.69 Å². The molecule has 0 aromatic heterocycles. The Bertz CT molecular complexity index is 670. The lowest BCUT2D eigenvalue weighted by molar-refractivity contribution is -0.136.